The molecule has 1 aliphatic rings. The van der Waals surface area contributed by atoms with Crippen LogP contribution in [0.15, 0.2) is 0 Å². The smallest absolute Gasteiger partial charge is 0.150 e. The lowest BCUT2D eigenvalue weighted by atomic mass is 9.90. The summed E-state index contributed by atoms with van der Waals surface area (Å²) in [5.41, 5.74) is 5.78. The van der Waals surface area contributed by atoms with Crippen molar-refractivity contribution in [2.45, 2.75) is 32.2 Å². The van der Waals surface area contributed by atoms with Crippen molar-refractivity contribution in [2.24, 2.45) is 5.73 Å². The van der Waals surface area contributed by atoms with Crippen molar-refractivity contribution < 1.29 is 17.9 Å². The molecule has 0 atom stereocenters. The molecule has 21 heavy (non-hydrogen) atoms. The maximum atomic E-state index is 11.7. The predicted octanol–water partition coefficient (Wildman–Crippen LogP) is 0.268. The molecule has 0 saturated carbocycles. The summed E-state index contributed by atoms with van der Waals surface area (Å²) in [6, 6.07) is 0. The minimum Gasteiger partial charge on any atom is -0.380 e. The van der Waals surface area contributed by atoms with E-state index < -0.39 is 9.84 Å². The van der Waals surface area contributed by atoms with Gasteiger partial charge < -0.3 is 15.2 Å². The van der Waals surface area contributed by atoms with Crippen molar-refractivity contribution >= 4 is 9.84 Å². The second-order valence-corrected chi connectivity index (χ2v) is 7.76. The molecule has 0 spiro atoms. The van der Waals surface area contributed by atoms with E-state index in [0.717, 1.165) is 13.1 Å². The molecule has 0 amide bonds. The van der Waals surface area contributed by atoms with Gasteiger partial charge in [0.15, 0.2) is 0 Å². The van der Waals surface area contributed by atoms with Gasteiger partial charge in [0.1, 0.15) is 9.84 Å². The van der Waals surface area contributed by atoms with Gasteiger partial charge in [0, 0.05) is 38.4 Å². The van der Waals surface area contributed by atoms with Crippen LogP contribution in [-0.2, 0) is 19.3 Å². The Morgan fingerprint density at radius 2 is 1.52 bits per heavy atom. The van der Waals surface area contributed by atoms with Crippen LogP contribution in [0.25, 0.3) is 0 Å². The van der Waals surface area contributed by atoms with E-state index in [1.165, 1.54) is 0 Å². The van der Waals surface area contributed by atoms with Crippen molar-refractivity contribution in [1.29, 1.82) is 0 Å². The van der Waals surface area contributed by atoms with Crippen LogP contribution >= 0.6 is 0 Å². The molecule has 0 aliphatic carbocycles. The third kappa shape index (κ3) is 5.83. The van der Waals surface area contributed by atoms with Gasteiger partial charge in [-0.25, -0.2) is 8.42 Å². The van der Waals surface area contributed by atoms with Gasteiger partial charge in [-0.1, -0.05) is 0 Å². The highest BCUT2D eigenvalue weighted by atomic mass is 32.2. The van der Waals surface area contributed by atoms with Gasteiger partial charge in [-0.05, 0) is 26.7 Å². The normalized spacial score (nSPS) is 20.8. The maximum absolute atomic E-state index is 11.7. The van der Waals surface area contributed by atoms with Crippen molar-refractivity contribution in [2.75, 3.05) is 57.6 Å². The summed E-state index contributed by atoms with van der Waals surface area (Å²) in [5.74, 6) is 0.452. The summed E-state index contributed by atoms with van der Waals surface area (Å²) in [5, 5.41) is 0. The summed E-state index contributed by atoms with van der Waals surface area (Å²) < 4.78 is 34.3. The van der Waals surface area contributed by atoms with Crippen LogP contribution in [0.2, 0.25) is 0 Å². The Morgan fingerprint density at radius 3 is 1.90 bits per heavy atom. The highest BCUT2D eigenvalue weighted by molar-refractivity contribution is 7.91. The van der Waals surface area contributed by atoms with Crippen molar-refractivity contribution in [1.82, 2.24) is 4.90 Å². The number of sulfone groups is 1. The van der Waals surface area contributed by atoms with Crippen LogP contribution in [0.5, 0.6) is 0 Å². The second-order valence-electron chi connectivity index (χ2n) is 5.46. The third-order valence-corrected chi connectivity index (χ3v) is 5.88. The molecule has 0 radical (unpaired) electrons. The molecule has 7 heteroatoms. The van der Waals surface area contributed by atoms with E-state index in [4.69, 9.17) is 15.2 Å². The number of rotatable bonds is 10. The van der Waals surface area contributed by atoms with E-state index >= 15 is 0 Å². The summed E-state index contributed by atoms with van der Waals surface area (Å²) in [6.07, 6.45) is 1.20. The number of hydrogen-bond acceptors (Lipinski definition) is 6. The zero-order valence-corrected chi connectivity index (χ0v) is 14.2. The second kappa shape index (κ2) is 9.05. The zero-order valence-electron chi connectivity index (χ0n) is 13.3. The average Bonchev–Trinajstić information content (AvgIpc) is 2.47. The Morgan fingerprint density at radius 1 is 1.05 bits per heavy atom. The van der Waals surface area contributed by atoms with Gasteiger partial charge in [0.05, 0.1) is 24.7 Å². The number of ether oxygens (including phenoxy) is 2. The summed E-state index contributed by atoms with van der Waals surface area (Å²) >= 11 is 0. The van der Waals surface area contributed by atoms with Crippen LogP contribution in [-0.4, -0.2) is 76.4 Å². The lowest BCUT2D eigenvalue weighted by Crippen LogP contribution is -2.59. The van der Waals surface area contributed by atoms with Gasteiger partial charge in [-0.3, -0.25) is 4.90 Å². The first-order valence-corrected chi connectivity index (χ1v) is 9.63. The van der Waals surface area contributed by atoms with E-state index in [2.05, 4.69) is 4.90 Å². The Hall–Kier alpha value is -0.210. The minimum atomic E-state index is -2.89. The molecule has 126 valence electrons. The molecule has 0 bridgehead atoms. The van der Waals surface area contributed by atoms with E-state index in [9.17, 15) is 8.42 Å². The quantitative estimate of drug-likeness (QED) is 0.581. The molecule has 1 rings (SSSR count). The molecule has 0 unspecified atom stereocenters. The number of nitrogens with zero attached hydrogens (tertiary/aromatic N) is 1. The molecular formula is C14H30N2O4S. The predicted molar refractivity (Wildman–Crippen MR) is 84.2 cm³/mol. The Balaban J connectivity index is 2.71. The first-order valence-electron chi connectivity index (χ1n) is 7.80. The Kier molecular flexibility index (Phi) is 8.12. The molecule has 0 aromatic rings. The van der Waals surface area contributed by atoms with Gasteiger partial charge in [-0.15, -0.1) is 0 Å². The van der Waals surface area contributed by atoms with Crippen LogP contribution in [0.4, 0.5) is 0 Å². The molecule has 6 nitrogen and oxygen atoms in total. The summed E-state index contributed by atoms with van der Waals surface area (Å²) in [6.45, 7) is 8.57. The van der Waals surface area contributed by atoms with Gasteiger partial charge >= 0.3 is 0 Å². The molecule has 1 saturated heterocycles. The number of hydrogen-bond donors (Lipinski definition) is 1. The lowest BCUT2D eigenvalue weighted by molar-refractivity contribution is 0.0175. The molecule has 1 heterocycles. The van der Waals surface area contributed by atoms with Crippen LogP contribution in [0, 0.1) is 0 Å². The summed E-state index contributed by atoms with van der Waals surface area (Å²) in [7, 11) is -2.89. The fraction of sp³-hybridized carbons (Fsp3) is 1.00. The fourth-order valence-corrected chi connectivity index (χ4v) is 4.38. The first kappa shape index (κ1) is 18.8. The standard InChI is InChI=1S/C14H30N2O4S/c1-3-19-9-7-16(8-10-20-4-2)14(13-15)5-11-21(17,18)12-6-14/h3-13,15H2,1-2H3. The van der Waals surface area contributed by atoms with Crippen LogP contribution in [0.3, 0.4) is 0 Å². The minimum absolute atomic E-state index is 0.226. The van der Waals surface area contributed by atoms with Crippen LogP contribution in [0.1, 0.15) is 26.7 Å². The molecule has 0 aromatic heterocycles. The fourth-order valence-electron chi connectivity index (χ4n) is 2.79. The largest absolute Gasteiger partial charge is 0.380 e. The Bertz CT molecular complexity index is 362. The first-order chi connectivity index (χ1) is 9.99. The SMILES string of the molecule is CCOCCN(CCOCC)C1(CN)CCS(=O)(=O)CC1. The monoisotopic (exact) mass is 322 g/mol. The average molecular weight is 322 g/mol. The van der Waals surface area contributed by atoms with E-state index in [0.29, 0.717) is 45.8 Å². The topological polar surface area (TPSA) is 81.9 Å². The van der Waals surface area contributed by atoms with Gasteiger partial charge in [0.25, 0.3) is 0 Å². The van der Waals surface area contributed by atoms with E-state index in [-0.39, 0.29) is 17.0 Å². The Labute approximate surface area is 128 Å². The molecule has 0 aromatic carbocycles. The van der Waals surface area contributed by atoms with E-state index in [1.54, 1.807) is 0 Å². The molecule has 2 N–H and O–H groups in total. The molecule has 1 fully saturated rings. The zero-order chi connectivity index (χ0) is 15.8. The van der Waals surface area contributed by atoms with Crippen LogP contribution < -0.4 is 5.73 Å². The van der Waals surface area contributed by atoms with Gasteiger partial charge in [-0.2, -0.15) is 0 Å². The lowest BCUT2D eigenvalue weighted by Gasteiger charge is -2.45. The maximum Gasteiger partial charge on any atom is 0.150 e. The summed E-state index contributed by atoms with van der Waals surface area (Å²) in [4.78, 5) is 2.27. The van der Waals surface area contributed by atoms with Crippen molar-refractivity contribution in [3.05, 3.63) is 0 Å². The van der Waals surface area contributed by atoms with Gasteiger partial charge in [0.2, 0.25) is 0 Å². The molecule has 1 aliphatic heterocycles. The van der Waals surface area contributed by atoms with Crippen molar-refractivity contribution in [3.63, 3.8) is 0 Å². The highest BCUT2D eigenvalue weighted by Crippen LogP contribution is 2.29. The molecular weight excluding hydrogens is 292 g/mol. The third-order valence-electron chi connectivity index (χ3n) is 4.23. The highest BCUT2D eigenvalue weighted by Gasteiger charge is 2.40. The van der Waals surface area contributed by atoms with Crippen molar-refractivity contribution in [3.8, 4) is 0 Å². The number of nitrogens with two attached hydrogens (primary N) is 1. The van der Waals surface area contributed by atoms with E-state index in [1.807, 2.05) is 13.8 Å².